The molecule has 0 heterocycles. The fraction of sp³-hybridized carbons (Fsp3) is 1.00. The van der Waals surface area contributed by atoms with Crippen LogP contribution in [0.15, 0.2) is 0 Å². The number of halogens is 4. The van der Waals surface area contributed by atoms with Crippen molar-refractivity contribution in [2.75, 3.05) is 19.8 Å². The molecular weight excluding hydrogens is 211 g/mol. The van der Waals surface area contributed by atoms with Gasteiger partial charge < -0.3 is 21.6 Å². The van der Waals surface area contributed by atoms with Crippen molar-refractivity contribution in [3.05, 3.63) is 0 Å². The van der Waals surface area contributed by atoms with Crippen LogP contribution in [-0.2, 0) is 4.37 Å². The molecule has 0 aromatic carbocycles. The van der Waals surface area contributed by atoms with Crippen molar-refractivity contribution in [3.63, 3.8) is 0 Å². The lowest BCUT2D eigenvalue weighted by molar-refractivity contribution is -0.138. The predicted molar refractivity (Wildman–Crippen MR) is 56.7 cm³/mol. The fourth-order valence-electron chi connectivity index (χ4n) is 1.17. The summed E-state index contributed by atoms with van der Waals surface area (Å²) in [4.78, 5) is 0. The van der Waals surface area contributed by atoms with Gasteiger partial charge in [0.2, 0.25) is 0 Å². The lowest BCUT2D eigenvalue weighted by Gasteiger charge is -2.16. The van der Waals surface area contributed by atoms with E-state index in [9.17, 15) is 17.3 Å². The lowest BCUT2D eigenvalue weighted by Crippen LogP contribution is -2.17. The first-order valence-electron chi connectivity index (χ1n) is 5.36. The molecule has 0 N–H and O–H groups in total. The topological polar surface area (TPSA) is 2.70 Å². The van der Waals surface area contributed by atoms with Crippen LogP contribution in [0.2, 0.25) is 0 Å². The Morgan fingerprint density at radius 3 is 1.07 bits per heavy atom. The third-order valence-electron chi connectivity index (χ3n) is 1.48. The summed E-state index contributed by atoms with van der Waals surface area (Å²) in [5, 5.41) is 0. The maximum absolute atomic E-state index is 9.75. The van der Waals surface area contributed by atoms with Crippen molar-refractivity contribution in [2.24, 2.45) is 0 Å². The van der Waals surface area contributed by atoms with Gasteiger partial charge in [-0.3, -0.25) is 0 Å². The van der Waals surface area contributed by atoms with Crippen LogP contribution in [0.25, 0.3) is 0 Å². The van der Waals surface area contributed by atoms with E-state index < -0.39 is 7.25 Å². The normalized spacial score (nSPS) is 11.2. The van der Waals surface area contributed by atoms with E-state index in [1.165, 1.54) is 39.1 Å². The van der Waals surface area contributed by atoms with Crippen LogP contribution >= 0.6 is 0 Å². The molecular formula is C9H21BF4O. The molecule has 0 fully saturated rings. The van der Waals surface area contributed by atoms with Gasteiger partial charge in [-0.05, 0) is 0 Å². The van der Waals surface area contributed by atoms with Gasteiger partial charge in [-0.25, -0.2) is 0 Å². The van der Waals surface area contributed by atoms with Crippen LogP contribution in [-0.4, -0.2) is 27.1 Å². The highest BCUT2D eigenvalue weighted by molar-refractivity contribution is 6.50. The summed E-state index contributed by atoms with van der Waals surface area (Å²) in [5.41, 5.74) is 0. The molecule has 0 spiro atoms. The van der Waals surface area contributed by atoms with E-state index in [0.717, 1.165) is 0 Å². The zero-order valence-electron chi connectivity index (χ0n) is 9.74. The van der Waals surface area contributed by atoms with Gasteiger partial charge in [0, 0.05) is 19.3 Å². The molecule has 0 rings (SSSR count). The van der Waals surface area contributed by atoms with Crippen LogP contribution in [0.1, 0.15) is 40.0 Å². The Bertz CT molecular complexity index is 110. The van der Waals surface area contributed by atoms with Crippen molar-refractivity contribution in [3.8, 4) is 0 Å². The first kappa shape index (κ1) is 17.1. The summed E-state index contributed by atoms with van der Waals surface area (Å²) in [6.45, 7) is 10.3. The van der Waals surface area contributed by atoms with E-state index in [1.807, 2.05) is 0 Å². The molecule has 0 aromatic rings. The maximum Gasteiger partial charge on any atom is 0.673 e. The average molecular weight is 232 g/mol. The largest absolute Gasteiger partial charge is 0.673 e. The first-order chi connectivity index (χ1) is 6.85. The molecule has 0 saturated heterocycles. The highest BCUT2D eigenvalue weighted by atomic mass is 19.5. The minimum Gasteiger partial charge on any atom is -0.422 e. The molecule has 0 unspecified atom stereocenters. The molecule has 0 aliphatic carbocycles. The Hall–Kier alpha value is -0.255. The van der Waals surface area contributed by atoms with Gasteiger partial charge >= 0.3 is 7.25 Å². The molecule has 0 radical (unpaired) electrons. The minimum absolute atomic E-state index is 1.20. The second kappa shape index (κ2) is 10.3. The van der Waals surface area contributed by atoms with Gasteiger partial charge in [0.15, 0.2) is 0 Å². The van der Waals surface area contributed by atoms with Crippen LogP contribution in [0.4, 0.5) is 17.3 Å². The van der Waals surface area contributed by atoms with E-state index in [-0.39, 0.29) is 0 Å². The molecule has 0 aromatic heterocycles. The Morgan fingerprint density at radius 1 is 0.733 bits per heavy atom. The van der Waals surface area contributed by atoms with Crippen LogP contribution < -0.4 is 0 Å². The summed E-state index contributed by atoms with van der Waals surface area (Å²) < 4.78 is 42.3. The van der Waals surface area contributed by atoms with Gasteiger partial charge in [0.25, 0.3) is 0 Å². The van der Waals surface area contributed by atoms with Gasteiger partial charge in [-0.1, -0.05) is 20.8 Å². The zero-order valence-corrected chi connectivity index (χ0v) is 9.74. The quantitative estimate of drug-likeness (QED) is 0.369. The first-order valence-corrected chi connectivity index (χ1v) is 5.36. The standard InChI is InChI=1S/C9H21O.BF4/c1-4-7-10(8-5-2)9-6-3;2-1(3,4)5/h4-9H2,1-3H3;/q+1;-1. The number of hydrogen-bond acceptors (Lipinski definition) is 0. The van der Waals surface area contributed by atoms with E-state index in [0.29, 0.717) is 0 Å². The SMILES string of the molecule is CCC[O+](CCC)CCC.F[B-](F)(F)F. The van der Waals surface area contributed by atoms with Gasteiger partial charge in [-0.15, -0.1) is 0 Å². The summed E-state index contributed by atoms with van der Waals surface area (Å²) in [7, 11) is -6.00. The third kappa shape index (κ3) is 24.8. The van der Waals surface area contributed by atoms with Gasteiger partial charge in [-0.2, -0.15) is 0 Å². The van der Waals surface area contributed by atoms with E-state index in [2.05, 4.69) is 25.1 Å². The van der Waals surface area contributed by atoms with Crippen LogP contribution in [0.3, 0.4) is 0 Å². The minimum atomic E-state index is -6.00. The average Bonchev–Trinajstić information content (AvgIpc) is 2.02. The van der Waals surface area contributed by atoms with Crippen LogP contribution in [0.5, 0.6) is 0 Å². The van der Waals surface area contributed by atoms with Crippen molar-refractivity contribution >= 4 is 7.25 Å². The number of rotatable bonds is 6. The highest BCUT2D eigenvalue weighted by Gasteiger charge is 2.20. The summed E-state index contributed by atoms with van der Waals surface area (Å²) in [5.74, 6) is 0. The molecule has 0 amide bonds. The Balaban J connectivity index is 0. The monoisotopic (exact) mass is 232 g/mol. The fourth-order valence-corrected chi connectivity index (χ4v) is 1.17. The van der Waals surface area contributed by atoms with E-state index in [1.54, 1.807) is 0 Å². The summed E-state index contributed by atoms with van der Waals surface area (Å²) in [6, 6.07) is 0. The third-order valence-corrected chi connectivity index (χ3v) is 1.48. The molecule has 0 aliphatic heterocycles. The molecule has 0 saturated carbocycles. The molecule has 1 nitrogen and oxygen atoms in total. The maximum atomic E-state index is 9.75. The second-order valence-corrected chi connectivity index (χ2v) is 3.22. The zero-order chi connectivity index (χ0) is 12.3. The Labute approximate surface area is 89.6 Å². The summed E-state index contributed by atoms with van der Waals surface area (Å²) in [6.07, 6.45) is 3.76. The second-order valence-electron chi connectivity index (χ2n) is 3.22. The van der Waals surface area contributed by atoms with Crippen molar-refractivity contribution in [2.45, 2.75) is 40.0 Å². The lowest BCUT2D eigenvalue weighted by atomic mass is 10.3. The molecule has 0 bridgehead atoms. The van der Waals surface area contributed by atoms with E-state index in [4.69, 9.17) is 0 Å². The smallest absolute Gasteiger partial charge is 0.422 e. The molecule has 6 heteroatoms. The van der Waals surface area contributed by atoms with E-state index >= 15 is 0 Å². The van der Waals surface area contributed by atoms with Gasteiger partial charge in [0.05, 0.1) is 0 Å². The molecule has 0 aliphatic rings. The highest BCUT2D eigenvalue weighted by Crippen LogP contribution is 2.06. The van der Waals surface area contributed by atoms with Gasteiger partial charge in [0.1, 0.15) is 19.8 Å². The molecule has 94 valence electrons. The van der Waals surface area contributed by atoms with Crippen molar-refractivity contribution in [1.82, 2.24) is 0 Å². The predicted octanol–water partition coefficient (Wildman–Crippen LogP) is 4.07. The molecule has 15 heavy (non-hydrogen) atoms. The summed E-state index contributed by atoms with van der Waals surface area (Å²) >= 11 is 0. The van der Waals surface area contributed by atoms with Crippen molar-refractivity contribution in [1.29, 1.82) is 0 Å². The van der Waals surface area contributed by atoms with Crippen molar-refractivity contribution < 1.29 is 21.6 Å². The Morgan fingerprint density at radius 2 is 0.933 bits per heavy atom. The Kier molecular flexibility index (Phi) is 11.7. The number of hydrogen-bond donors (Lipinski definition) is 0. The molecule has 0 atom stereocenters. The van der Waals surface area contributed by atoms with Crippen LogP contribution in [0, 0.1) is 0 Å².